The number of rotatable bonds is 0. The van der Waals surface area contributed by atoms with Crippen LogP contribution >= 0.6 is 22.6 Å². The average molecular weight is 262 g/mol. The zero-order valence-electron chi connectivity index (χ0n) is 6.93. The van der Waals surface area contributed by atoms with E-state index in [9.17, 15) is 0 Å². The first kappa shape index (κ1) is 8.90. The summed E-state index contributed by atoms with van der Waals surface area (Å²) in [5, 5.41) is 0. The normalized spacial score (nSPS) is 11.6. The fourth-order valence-corrected chi connectivity index (χ4v) is 1.97. The SMILES string of the molecule is CC(C)(C)c1ncncc1I. The van der Waals surface area contributed by atoms with Gasteiger partial charge in [0.1, 0.15) is 6.33 Å². The van der Waals surface area contributed by atoms with Gasteiger partial charge in [0.05, 0.1) is 9.26 Å². The van der Waals surface area contributed by atoms with E-state index in [2.05, 4.69) is 53.3 Å². The number of hydrogen-bond acceptors (Lipinski definition) is 2. The predicted octanol–water partition coefficient (Wildman–Crippen LogP) is 2.38. The van der Waals surface area contributed by atoms with Gasteiger partial charge in [-0.2, -0.15) is 0 Å². The molecule has 0 aliphatic rings. The number of hydrogen-bond donors (Lipinski definition) is 0. The Morgan fingerprint density at radius 3 is 2.36 bits per heavy atom. The molecule has 3 heteroatoms. The molecule has 0 aliphatic carbocycles. The van der Waals surface area contributed by atoms with Gasteiger partial charge in [0, 0.05) is 11.6 Å². The van der Waals surface area contributed by atoms with E-state index in [0.717, 1.165) is 9.26 Å². The molecular formula is C8H11IN2. The third-order valence-electron chi connectivity index (χ3n) is 1.38. The Kier molecular flexibility index (Phi) is 2.47. The molecule has 0 fully saturated rings. The lowest BCUT2D eigenvalue weighted by molar-refractivity contribution is 0.562. The molecule has 0 aromatic carbocycles. The predicted molar refractivity (Wildman–Crippen MR) is 53.4 cm³/mol. The zero-order chi connectivity index (χ0) is 8.48. The van der Waals surface area contributed by atoms with Gasteiger partial charge >= 0.3 is 0 Å². The minimum Gasteiger partial charge on any atom is -0.244 e. The molecule has 0 radical (unpaired) electrons. The molecule has 0 unspecified atom stereocenters. The zero-order valence-corrected chi connectivity index (χ0v) is 9.08. The van der Waals surface area contributed by atoms with Gasteiger partial charge in [-0.3, -0.25) is 0 Å². The lowest BCUT2D eigenvalue weighted by Crippen LogP contribution is -2.15. The number of aromatic nitrogens is 2. The summed E-state index contributed by atoms with van der Waals surface area (Å²) in [5.74, 6) is 0. The molecule has 0 saturated heterocycles. The third kappa shape index (κ3) is 2.12. The Morgan fingerprint density at radius 1 is 1.36 bits per heavy atom. The van der Waals surface area contributed by atoms with Gasteiger partial charge in [0.15, 0.2) is 0 Å². The first-order chi connectivity index (χ1) is 5.02. The van der Waals surface area contributed by atoms with E-state index < -0.39 is 0 Å². The summed E-state index contributed by atoms with van der Waals surface area (Å²) in [6, 6.07) is 0. The fourth-order valence-electron chi connectivity index (χ4n) is 0.865. The first-order valence-electron chi connectivity index (χ1n) is 3.48. The molecule has 0 aliphatic heterocycles. The molecule has 0 N–H and O–H groups in total. The average Bonchev–Trinajstić information content (AvgIpc) is 1.86. The molecule has 0 atom stereocenters. The maximum Gasteiger partial charge on any atom is 0.115 e. The van der Waals surface area contributed by atoms with Crippen LogP contribution in [0, 0.1) is 3.57 Å². The van der Waals surface area contributed by atoms with Crippen LogP contribution in [0.1, 0.15) is 26.5 Å². The van der Waals surface area contributed by atoms with Gasteiger partial charge in [-0.1, -0.05) is 20.8 Å². The van der Waals surface area contributed by atoms with Crippen molar-refractivity contribution in [3.63, 3.8) is 0 Å². The fraction of sp³-hybridized carbons (Fsp3) is 0.500. The third-order valence-corrected chi connectivity index (χ3v) is 2.17. The van der Waals surface area contributed by atoms with Gasteiger partial charge in [-0.25, -0.2) is 9.97 Å². The van der Waals surface area contributed by atoms with Crippen LogP contribution in [0.5, 0.6) is 0 Å². The molecule has 0 amide bonds. The van der Waals surface area contributed by atoms with E-state index >= 15 is 0 Å². The molecular weight excluding hydrogens is 251 g/mol. The Balaban J connectivity index is 3.14. The lowest BCUT2D eigenvalue weighted by atomic mass is 9.92. The highest BCUT2D eigenvalue weighted by Gasteiger charge is 2.17. The molecule has 1 heterocycles. The highest BCUT2D eigenvalue weighted by molar-refractivity contribution is 14.1. The van der Waals surface area contributed by atoms with Crippen LogP contribution in [0.4, 0.5) is 0 Å². The standard InChI is InChI=1S/C8H11IN2/c1-8(2,3)7-6(9)4-10-5-11-7/h4-5H,1-3H3. The maximum atomic E-state index is 4.23. The second-order valence-electron chi connectivity index (χ2n) is 3.47. The van der Waals surface area contributed by atoms with Crippen molar-refractivity contribution in [1.29, 1.82) is 0 Å². The Morgan fingerprint density at radius 2 is 2.00 bits per heavy atom. The lowest BCUT2D eigenvalue weighted by Gasteiger charge is -2.18. The monoisotopic (exact) mass is 262 g/mol. The van der Waals surface area contributed by atoms with E-state index in [1.165, 1.54) is 0 Å². The van der Waals surface area contributed by atoms with Gasteiger partial charge in [0.25, 0.3) is 0 Å². The minimum absolute atomic E-state index is 0.124. The Bertz CT molecular complexity index is 253. The van der Waals surface area contributed by atoms with Crippen LogP contribution in [0.15, 0.2) is 12.5 Å². The van der Waals surface area contributed by atoms with Crippen molar-refractivity contribution in [3.8, 4) is 0 Å². The number of halogens is 1. The smallest absolute Gasteiger partial charge is 0.115 e. The summed E-state index contributed by atoms with van der Waals surface area (Å²) in [4.78, 5) is 8.17. The van der Waals surface area contributed by atoms with Crippen molar-refractivity contribution in [1.82, 2.24) is 9.97 Å². The number of nitrogens with zero attached hydrogens (tertiary/aromatic N) is 2. The highest BCUT2D eigenvalue weighted by Crippen LogP contribution is 2.23. The summed E-state index contributed by atoms with van der Waals surface area (Å²) >= 11 is 2.26. The molecule has 0 bridgehead atoms. The van der Waals surface area contributed by atoms with Gasteiger partial charge < -0.3 is 0 Å². The molecule has 60 valence electrons. The quantitative estimate of drug-likeness (QED) is 0.671. The van der Waals surface area contributed by atoms with Gasteiger partial charge in [-0.15, -0.1) is 0 Å². The second kappa shape index (κ2) is 3.05. The largest absolute Gasteiger partial charge is 0.244 e. The molecule has 0 saturated carbocycles. The topological polar surface area (TPSA) is 25.8 Å². The molecule has 0 spiro atoms. The van der Waals surface area contributed by atoms with Crippen molar-refractivity contribution < 1.29 is 0 Å². The van der Waals surface area contributed by atoms with Gasteiger partial charge in [0.2, 0.25) is 0 Å². The minimum atomic E-state index is 0.124. The van der Waals surface area contributed by atoms with Crippen LogP contribution in [0.3, 0.4) is 0 Å². The van der Waals surface area contributed by atoms with Crippen LogP contribution in [0.25, 0.3) is 0 Å². The van der Waals surface area contributed by atoms with E-state index in [1.54, 1.807) is 6.33 Å². The van der Waals surface area contributed by atoms with Crippen LogP contribution in [-0.2, 0) is 5.41 Å². The van der Waals surface area contributed by atoms with Crippen LogP contribution < -0.4 is 0 Å². The van der Waals surface area contributed by atoms with Crippen molar-refractivity contribution in [3.05, 3.63) is 21.8 Å². The summed E-state index contributed by atoms with van der Waals surface area (Å²) in [7, 11) is 0. The van der Waals surface area contributed by atoms with Crippen molar-refractivity contribution in [2.24, 2.45) is 0 Å². The van der Waals surface area contributed by atoms with Crippen LogP contribution in [0.2, 0.25) is 0 Å². The summed E-state index contributed by atoms with van der Waals surface area (Å²) < 4.78 is 1.14. The highest BCUT2D eigenvalue weighted by atomic mass is 127. The van der Waals surface area contributed by atoms with Crippen molar-refractivity contribution >= 4 is 22.6 Å². The first-order valence-corrected chi connectivity index (χ1v) is 4.55. The molecule has 1 aromatic rings. The van der Waals surface area contributed by atoms with E-state index in [0.29, 0.717) is 0 Å². The molecule has 1 rings (SSSR count). The van der Waals surface area contributed by atoms with E-state index in [1.807, 2.05) is 6.20 Å². The maximum absolute atomic E-state index is 4.23. The van der Waals surface area contributed by atoms with Crippen molar-refractivity contribution in [2.45, 2.75) is 26.2 Å². The van der Waals surface area contributed by atoms with E-state index in [4.69, 9.17) is 0 Å². The van der Waals surface area contributed by atoms with E-state index in [-0.39, 0.29) is 5.41 Å². The summed E-state index contributed by atoms with van der Waals surface area (Å²) in [5.41, 5.74) is 1.24. The molecule has 11 heavy (non-hydrogen) atoms. The summed E-state index contributed by atoms with van der Waals surface area (Å²) in [6.07, 6.45) is 3.44. The Hall–Kier alpha value is -0.190. The van der Waals surface area contributed by atoms with Gasteiger partial charge in [-0.05, 0) is 22.6 Å². The summed E-state index contributed by atoms with van der Waals surface area (Å²) in [6.45, 7) is 6.45. The Labute approximate surface area is 80.6 Å². The van der Waals surface area contributed by atoms with Crippen LogP contribution in [-0.4, -0.2) is 9.97 Å². The van der Waals surface area contributed by atoms with Crippen molar-refractivity contribution in [2.75, 3.05) is 0 Å². The molecule has 2 nitrogen and oxygen atoms in total. The molecule has 1 aromatic heterocycles. The second-order valence-corrected chi connectivity index (χ2v) is 4.63.